The summed E-state index contributed by atoms with van der Waals surface area (Å²) in [5.74, 6) is 0.510. The summed E-state index contributed by atoms with van der Waals surface area (Å²) >= 11 is 1.20. The molecule has 16 heavy (non-hydrogen) atoms. The van der Waals surface area contributed by atoms with E-state index in [9.17, 15) is 4.79 Å². The summed E-state index contributed by atoms with van der Waals surface area (Å²) in [6, 6.07) is 0.439. The Labute approximate surface area is 98.2 Å². The van der Waals surface area contributed by atoms with Gasteiger partial charge in [0, 0.05) is 36.1 Å². The van der Waals surface area contributed by atoms with Crippen LogP contribution in [0.5, 0.6) is 0 Å². The Morgan fingerprint density at radius 3 is 3.19 bits per heavy atom. The Morgan fingerprint density at radius 1 is 1.62 bits per heavy atom. The van der Waals surface area contributed by atoms with Crippen LogP contribution in [0.25, 0.3) is 0 Å². The van der Waals surface area contributed by atoms with Gasteiger partial charge in [-0.25, -0.2) is 0 Å². The molecule has 6 heteroatoms. The van der Waals surface area contributed by atoms with Gasteiger partial charge in [0.1, 0.15) is 0 Å². The summed E-state index contributed by atoms with van der Waals surface area (Å²) in [6.45, 7) is 3.21. The van der Waals surface area contributed by atoms with Gasteiger partial charge in [0.05, 0.1) is 13.2 Å². The molecule has 2 heterocycles. The third kappa shape index (κ3) is 2.91. The van der Waals surface area contributed by atoms with Gasteiger partial charge in [-0.15, -0.1) is 0 Å². The predicted molar refractivity (Wildman–Crippen MR) is 63.8 cm³/mol. The minimum atomic E-state index is 0.00843. The molecule has 90 valence electrons. The third-order valence-electron chi connectivity index (χ3n) is 2.86. The first-order valence-corrected chi connectivity index (χ1v) is 6.30. The van der Waals surface area contributed by atoms with Crippen LogP contribution >= 0.6 is 11.3 Å². The van der Waals surface area contributed by atoms with Gasteiger partial charge in [0.2, 0.25) is 0 Å². The second-order valence-corrected chi connectivity index (χ2v) is 4.84. The molecule has 0 saturated carbocycles. The maximum absolute atomic E-state index is 10.9. The minimum absolute atomic E-state index is 0.00843. The zero-order valence-corrected chi connectivity index (χ0v) is 10.1. The van der Waals surface area contributed by atoms with E-state index in [1.54, 1.807) is 0 Å². The molecule has 2 rings (SSSR count). The van der Waals surface area contributed by atoms with Crippen LogP contribution in [0.2, 0.25) is 0 Å². The normalized spacial score (nSPS) is 25.1. The molecule has 2 unspecified atom stereocenters. The van der Waals surface area contributed by atoms with E-state index in [1.807, 2.05) is 12.4 Å². The molecule has 0 aromatic carbocycles. The quantitative estimate of drug-likeness (QED) is 0.668. The number of H-pyrrole nitrogens is 1. The summed E-state index contributed by atoms with van der Waals surface area (Å²) in [4.78, 5) is 13.7. The third-order valence-corrected chi connectivity index (χ3v) is 3.58. The van der Waals surface area contributed by atoms with Crippen molar-refractivity contribution in [2.45, 2.75) is 12.6 Å². The molecule has 1 aromatic rings. The molecule has 0 radical (unpaired) electrons. The van der Waals surface area contributed by atoms with Crippen LogP contribution in [0.4, 0.5) is 0 Å². The van der Waals surface area contributed by atoms with Gasteiger partial charge in [-0.2, -0.15) is 0 Å². The lowest BCUT2D eigenvalue weighted by molar-refractivity contribution is 0.182. The maximum Gasteiger partial charge on any atom is 0.304 e. The first-order valence-electron chi connectivity index (χ1n) is 5.42. The number of thiazole rings is 1. The SMILES string of the molecule is CNC1COCC1CNCc1csc(=O)[nH]1. The van der Waals surface area contributed by atoms with Crippen LogP contribution in [0, 0.1) is 5.92 Å². The fraction of sp³-hybridized carbons (Fsp3) is 0.700. The van der Waals surface area contributed by atoms with Gasteiger partial charge >= 0.3 is 4.87 Å². The van der Waals surface area contributed by atoms with Crippen LogP contribution in [-0.4, -0.2) is 37.8 Å². The Hall–Kier alpha value is -0.690. The number of hydrogen-bond donors (Lipinski definition) is 3. The number of likely N-dealkylation sites (N-methyl/N-ethyl adjacent to an activating group) is 1. The van der Waals surface area contributed by atoms with Gasteiger partial charge in [0.15, 0.2) is 0 Å². The zero-order valence-electron chi connectivity index (χ0n) is 9.29. The van der Waals surface area contributed by atoms with E-state index in [0.717, 1.165) is 25.5 Å². The largest absolute Gasteiger partial charge is 0.379 e. The van der Waals surface area contributed by atoms with Crippen LogP contribution in [0.3, 0.4) is 0 Å². The van der Waals surface area contributed by atoms with Gasteiger partial charge < -0.3 is 20.4 Å². The summed E-state index contributed by atoms with van der Waals surface area (Å²) in [5.41, 5.74) is 0.954. The van der Waals surface area contributed by atoms with Gasteiger partial charge in [-0.05, 0) is 7.05 Å². The summed E-state index contributed by atoms with van der Waals surface area (Å²) in [5, 5.41) is 8.44. The van der Waals surface area contributed by atoms with E-state index < -0.39 is 0 Å². The predicted octanol–water partition coefficient (Wildman–Crippen LogP) is -0.240. The van der Waals surface area contributed by atoms with Gasteiger partial charge in [-0.1, -0.05) is 11.3 Å². The van der Waals surface area contributed by atoms with Crippen LogP contribution < -0.4 is 15.5 Å². The molecule has 1 aliphatic heterocycles. The second-order valence-electron chi connectivity index (χ2n) is 4.00. The number of nitrogens with one attached hydrogen (secondary N) is 3. The molecule has 0 spiro atoms. The van der Waals surface area contributed by atoms with Crippen molar-refractivity contribution >= 4 is 11.3 Å². The molecular formula is C10H17N3O2S. The highest BCUT2D eigenvalue weighted by Crippen LogP contribution is 2.12. The van der Waals surface area contributed by atoms with E-state index in [4.69, 9.17) is 4.74 Å². The Kier molecular flexibility index (Phi) is 4.11. The highest BCUT2D eigenvalue weighted by Gasteiger charge is 2.26. The van der Waals surface area contributed by atoms with Crippen molar-refractivity contribution < 1.29 is 4.74 Å². The molecule has 1 aliphatic rings. The van der Waals surface area contributed by atoms with Gasteiger partial charge in [-0.3, -0.25) is 4.79 Å². The van der Waals surface area contributed by atoms with Crippen molar-refractivity contribution in [1.29, 1.82) is 0 Å². The van der Waals surface area contributed by atoms with E-state index in [0.29, 0.717) is 18.5 Å². The van der Waals surface area contributed by atoms with Crippen LogP contribution in [-0.2, 0) is 11.3 Å². The number of rotatable bonds is 5. The zero-order chi connectivity index (χ0) is 11.4. The molecule has 0 bridgehead atoms. The molecule has 5 nitrogen and oxygen atoms in total. The first-order chi connectivity index (χ1) is 7.79. The highest BCUT2D eigenvalue weighted by molar-refractivity contribution is 7.07. The summed E-state index contributed by atoms with van der Waals surface area (Å²) in [7, 11) is 1.96. The average Bonchev–Trinajstić information content (AvgIpc) is 2.87. The van der Waals surface area contributed by atoms with Gasteiger partial charge in [0.25, 0.3) is 0 Å². The molecular weight excluding hydrogens is 226 g/mol. The number of hydrogen-bond acceptors (Lipinski definition) is 5. The van der Waals surface area contributed by atoms with Crippen molar-refractivity contribution in [1.82, 2.24) is 15.6 Å². The lowest BCUT2D eigenvalue weighted by Gasteiger charge is -2.16. The smallest absolute Gasteiger partial charge is 0.304 e. The monoisotopic (exact) mass is 243 g/mol. The highest BCUT2D eigenvalue weighted by atomic mass is 32.1. The topological polar surface area (TPSA) is 66.2 Å². The molecule has 0 amide bonds. The summed E-state index contributed by atoms with van der Waals surface area (Å²) in [6.07, 6.45) is 0. The van der Waals surface area contributed by atoms with E-state index in [-0.39, 0.29) is 4.87 Å². The first kappa shape index (κ1) is 11.8. The van der Waals surface area contributed by atoms with E-state index >= 15 is 0 Å². The fourth-order valence-electron chi connectivity index (χ4n) is 1.91. The Balaban J connectivity index is 1.73. The molecule has 2 atom stereocenters. The lowest BCUT2D eigenvalue weighted by Crippen LogP contribution is -2.38. The summed E-state index contributed by atoms with van der Waals surface area (Å²) < 4.78 is 5.41. The standard InChI is InChI=1S/C10H17N3O2S/c1-11-9-5-15-4-7(9)2-12-3-8-6-16-10(14)13-8/h6-7,9,11-12H,2-5H2,1H3,(H,13,14). The number of ether oxygens (including phenoxy) is 1. The molecule has 1 fully saturated rings. The van der Waals surface area contributed by atoms with Crippen molar-refractivity contribution in [3.05, 3.63) is 20.7 Å². The lowest BCUT2D eigenvalue weighted by atomic mass is 10.0. The van der Waals surface area contributed by atoms with Crippen molar-refractivity contribution in [2.75, 3.05) is 26.8 Å². The fourth-order valence-corrected chi connectivity index (χ4v) is 2.49. The maximum atomic E-state index is 10.9. The van der Waals surface area contributed by atoms with Crippen molar-refractivity contribution in [3.63, 3.8) is 0 Å². The van der Waals surface area contributed by atoms with E-state index in [2.05, 4.69) is 15.6 Å². The van der Waals surface area contributed by atoms with Crippen molar-refractivity contribution in [3.8, 4) is 0 Å². The number of aromatic amines is 1. The van der Waals surface area contributed by atoms with Crippen molar-refractivity contribution in [2.24, 2.45) is 5.92 Å². The Morgan fingerprint density at radius 2 is 2.50 bits per heavy atom. The Bertz CT molecular complexity index is 376. The molecule has 1 aromatic heterocycles. The van der Waals surface area contributed by atoms with Crippen LogP contribution in [0.15, 0.2) is 10.2 Å². The molecule has 3 N–H and O–H groups in total. The van der Waals surface area contributed by atoms with Crippen LogP contribution in [0.1, 0.15) is 5.69 Å². The van der Waals surface area contributed by atoms with E-state index in [1.165, 1.54) is 11.3 Å². The number of aromatic nitrogens is 1. The molecule has 1 saturated heterocycles. The minimum Gasteiger partial charge on any atom is -0.379 e. The molecule has 0 aliphatic carbocycles. The second kappa shape index (κ2) is 5.58. The average molecular weight is 243 g/mol.